The van der Waals surface area contributed by atoms with Gasteiger partial charge in [-0.1, -0.05) is 18.2 Å². The molecule has 0 N–H and O–H groups in total. The van der Waals surface area contributed by atoms with Gasteiger partial charge in [-0.05, 0) is 35.9 Å². The molecule has 146 valence electrons. The summed E-state index contributed by atoms with van der Waals surface area (Å²) in [5, 5.41) is 0. The minimum Gasteiger partial charge on any atom is -0.497 e. The summed E-state index contributed by atoms with van der Waals surface area (Å²) in [5.74, 6) is 0.505. The third kappa shape index (κ3) is 3.42. The van der Waals surface area contributed by atoms with E-state index in [1.165, 1.54) is 5.69 Å². The Labute approximate surface area is 165 Å². The second-order valence-corrected chi connectivity index (χ2v) is 7.41. The number of para-hydroxylation sites is 1. The molecule has 1 atom stereocenters. The average molecular weight is 379 g/mol. The Morgan fingerprint density at radius 1 is 1.07 bits per heavy atom. The molecule has 0 aromatic heterocycles. The van der Waals surface area contributed by atoms with Gasteiger partial charge in [-0.2, -0.15) is 0 Å². The molecular formula is C22H25N3O3. The molecule has 0 saturated carbocycles. The summed E-state index contributed by atoms with van der Waals surface area (Å²) in [7, 11) is 3.67. The van der Waals surface area contributed by atoms with Crippen molar-refractivity contribution in [2.45, 2.75) is 13.0 Å². The summed E-state index contributed by atoms with van der Waals surface area (Å²) < 4.78 is 5.18. The van der Waals surface area contributed by atoms with Crippen molar-refractivity contribution < 1.29 is 14.3 Å². The third-order valence-corrected chi connectivity index (χ3v) is 5.64. The fraction of sp³-hybridized carbons (Fsp3) is 0.364. The van der Waals surface area contributed by atoms with Crippen molar-refractivity contribution in [1.82, 2.24) is 4.90 Å². The molecular weight excluding hydrogens is 354 g/mol. The SMILES string of the molecule is COc1ccc(N2CC(C(=O)N3CCN(C)c4ccccc4C3)CC2=O)cc1. The number of amides is 2. The Balaban J connectivity index is 1.49. The van der Waals surface area contributed by atoms with Crippen LogP contribution in [0.5, 0.6) is 5.75 Å². The zero-order valence-corrected chi connectivity index (χ0v) is 16.3. The number of rotatable bonds is 3. The monoisotopic (exact) mass is 379 g/mol. The highest BCUT2D eigenvalue weighted by atomic mass is 16.5. The number of fused-ring (bicyclic) bond motifs is 1. The van der Waals surface area contributed by atoms with E-state index in [0.717, 1.165) is 23.5 Å². The summed E-state index contributed by atoms with van der Waals surface area (Å²) >= 11 is 0. The Hall–Kier alpha value is -3.02. The van der Waals surface area contributed by atoms with Gasteiger partial charge in [0.1, 0.15) is 5.75 Å². The Morgan fingerprint density at radius 2 is 1.82 bits per heavy atom. The number of carbonyl (C=O) groups excluding carboxylic acids is 2. The second-order valence-electron chi connectivity index (χ2n) is 7.41. The molecule has 0 aliphatic carbocycles. The van der Waals surface area contributed by atoms with Gasteiger partial charge >= 0.3 is 0 Å². The van der Waals surface area contributed by atoms with Crippen molar-refractivity contribution >= 4 is 23.2 Å². The second kappa shape index (κ2) is 7.54. The van der Waals surface area contributed by atoms with Gasteiger partial charge in [0.25, 0.3) is 0 Å². The maximum atomic E-state index is 13.2. The molecule has 2 heterocycles. The van der Waals surface area contributed by atoms with E-state index >= 15 is 0 Å². The molecule has 0 radical (unpaired) electrons. The summed E-state index contributed by atoms with van der Waals surface area (Å²) in [4.78, 5) is 31.6. The van der Waals surface area contributed by atoms with E-state index in [2.05, 4.69) is 24.1 Å². The smallest absolute Gasteiger partial charge is 0.228 e. The van der Waals surface area contributed by atoms with Gasteiger partial charge in [0.05, 0.1) is 13.0 Å². The lowest BCUT2D eigenvalue weighted by Gasteiger charge is -2.24. The molecule has 6 nitrogen and oxygen atoms in total. The maximum absolute atomic E-state index is 13.2. The number of anilines is 2. The predicted octanol–water partition coefficient (Wildman–Crippen LogP) is 2.53. The largest absolute Gasteiger partial charge is 0.497 e. The highest BCUT2D eigenvalue weighted by Crippen LogP contribution is 2.30. The standard InChI is InChI=1S/C22H25N3O3/c1-23-11-12-24(14-16-5-3-4-6-20(16)23)22(27)17-13-21(26)25(15-17)18-7-9-19(28-2)10-8-18/h3-10,17H,11-15H2,1-2H3. The zero-order chi connectivity index (χ0) is 19.7. The minimum atomic E-state index is -0.301. The molecule has 1 unspecified atom stereocenters. The van der Waals surface area contributed by atoms with Crippen LogP contribution in [0.15, 0.2) is 48.5 Å². The number of hydrogen-bond donors (Lipinski definition) is 0. The van der Waals surface area contributed by atoms with E-state index in [0.29, 0.717) is 19.6 Å². The van der Waals surface area contributed by atoms with Gasteiger partial charge in [0, 0.05) is 51.0 Å². The lowest BCUT2D eigenvalue weighted by Crippen LogP contribution is -2.39. The summed E-state index contributed by atoms with van der Waals surface area (Å²) in [6, 6.07) is 15.6. The van der Waals surface area contributed by atoms with Crippen molar-refractivity contribution in [2.24, 2.45) is 5.92 Å². The summed E-state index contributed by atoms with van der Waals surface area (Å²) in [6.45, 7) is 2.47. The molecule has 2 amide bonds. The lowest BCUT2D eigenvalue weighted by atomic mass is 10.1. The van der Waals surface area contributed by atoms with Crippen LogP contribution in [0.3, 0.4) is 0 Å². The molecule has 2 aliphatic heterocycles. The van der Waals surface area contributed by atoms with Gasteiger partial charge in [-0.15, -0.1) is 0 Å². The van der Waals surface area contributed by atoms with Crippen molar-refractivity contribution in [3.05, 3.63) is 54.1 Å². The molecule has 2 aliphatic rings. The van der Waals surface area contributed by atoms with E-state index in [4.69, 9.17) is 4.74 Å². The van der Waals surface area contributed by atoms with Crippen LogP contribution in [-0.4, -0.2) is 50.5 Å². The van der Waals surface area contributed by atoms with Crippen LogP contribution in [0.25, 0.3) is 0 Å². The van der Waals surface area contributed by atoms with Crippen LogP contribution in [0.2, 0.25) is 0 Å². The average Bonchev–Trinajstić information content (AvgIpc) is 3.03. The normalized spacial score (nSPS) is 19.4. The predicted molar refractivity (Wildman–Crippen MR) is 109 cm³/mol. The van der Waals surface area contributed by atoms with Gasteiger partial charge in [0.2, 0.25) is 11.8 Å². The van der Waals surface area contributed by atoms with E-state index in [1.54, 1.807) is 12.0 Å². The van der Waals surface area contributed by atoms with Crippen LogP contribution < -0.4 is 14.5 Å². The highest BCUT2D eigenvalue weighted by molar-refractivity contribution is 6.00. The number of likely N-dealkylation sites (N-methyl/N-ethyl adjacent to an activating group) is 1. The van der Waals surface area contributed by atoms with Crippen molar-refractivity contribution in [1.29, 1.82) is 0 Å². The van der Waals surface area contributed by atoms with E-state index < -0.39 is 0 Å². The van der Waals surface area contributed by atoms with Gasteiger partial charge in [0.15, 0.2) is 0 Å². The zero-order valence-electron chi connectivity index (χ0n) is 16.3. The summed E-state index contributed by atoms with van der Waals surface area (Å²) in [6.07, 6.45) is 0.263. The first-order valence-electron chi connectivity index (χ1n) is 9.59. The first-order valence-corrected chi connectivity index (χ1v) is 9.59. The van der Waals surface area contributed by atoms with Crippen LogP contribution >= 0.6 is 0 Å². The van der Waals surface area contributed by atoms with E-state index in [1.807, 2.05) is 41.3 Å². The molecule has 0 bridgehead atoms. The Kier molecular flexibility index (Phi) is 4.94. The molecule has 0 spiro atoms. The summed E-state index contributed by atoms with van der Waals surface area (Å²) in [5.41, 5.74) is 3.12. The molecule has 28 heavy (non-hydrogen) atoms. The number of benzene rings is 2. The molecule has 4 rings (SSSR count). The maximum Gasteiger partial charge on any atom is 0.228 e. The van der Waals surface area contributed by atoms with Gasteiger partial charge in [-0.3, -0.25) is 9.59 Å². The van der Waals surface area contributed by atoms with Crippen LogP contribution in [0.4, 0.5) is 11.4 Å². The molecule has 1 fully saturated rings. The van der Waals surface area contributed by atoms with Gasteiger partial charge < -0.3 is 19.4 Å². The molecule has 2 aromatic rings. The van der Waals surface area contributed by atoms with Crippen molar-refractivity contribution in [3.63, 3.8) is 0 Å². The molecule has 6 heteroatoms. The molecule has 2 aromatic carbocycles. The van der Waals surface area contributed by atoms with Crippen LogP contribution in [0.1, 0.15) is 12.0 Å². The number of carbonyl (C=O) groups is 2. The lowest BCUT2D eigenvalue weighted by molar-refractivity contribution is -0.136. The fourth-order valence-electron chi connectivity index (χ4n) is 4.02. The minimum absolute atomic E-state index is 0.00384. The van der Waals surface area contributed by atoms with Crippen LogP contribution in [0, 0.1) is 5.92 Å². The van der Waals surface area contributed by atoms with Crippen molar-refractivity contribution in [3.8, 4) is 5.75 Å². The third-order valence-electron chi connectivity index (χ3n) is 5.64. The van der Waals surface area contributed by atoms with E-state index in [-0.39, 0.29) is 24.2 Å². The number of methoxy groups -OCH3 is 1. The number of nitrogens with zero attached hydrogens (tertiary/aromatic N) is 3. The van der Waals surface area contributed by atoms with Crippen LogP contribution in [-0.2, 0) is 16.1 Å². The molecule has 1 saturated heterocycles. The quantitative estimate of drug-likeness (QED) is 0.822. The first kappa shape index (κ1) is 18.3. The van der Waals surface area contributed by atoms with Crippen molar-refractivity contribution in [2.75, 3.05) is 43.6 Å². The van der Waals surface area contributed by atoms with Gasteiger partial charge in [-0.25, -0.2) is 0 Å². The Morgan fingerprint density at radius 3 is 2.57 bits per heavy atom. The highest BCUT2D eigenvalue weighted by Gasteiger charge is 2.37. The first-order chi connectivity index (χ1) is 13.6. The topological polar surface area (TPSA) is 53.1 Å². The fourth-order valence-corrected chi connectivity index (χ4v) is 4.02. The number of ether oxygens (including phenoxy) is 1. The number of hydrogen-bond acceptors (Lipinski definition) is 4. The van der Waals surface area contributed by atoms with E-state index in [9.17, 15) is 9.59 Å². The Bertz CT molecular complexity index is 881.